The van der Waals surface area contributed by atoms with Crippen LogP contribution in [0.15, 0.2) is 64.8 Å². The molecule has 32 heavy (non-hydrogen) atoms. The maximum absolute atomic E-state index is 13.1. The number of benzene rings is 2. The van der Waals surface area contributed by atoms with Crippen molar-refractivity contribution in [2.75, 3.05) is 13.7 Å². The van der Waals surface area contributed by atoms with Gasteiger partial charge in [-0.25, -0.2) is 8.42 Å². The first kappa shape index (κ1) is 23.1. The molecule has 0 amide bonds. The van der Waals surface area contributed by atoms with Crippen LogP contribution in [-0.2, 0) is 19.6 Å². The SMILES string of the molecule is CCOC(=O)C1C(C#N)=C(N)N(NS(=O)(=O)c2ccc(C)cc2)C1c1ccc(OC)cc1. The van der Waals surface area contributed by atoms with E-state index in [4.69, 9.17) is 15.2 Å². The standard InChI is InChI=1S/C22H24N4O5S/c1-4-31-22(27)19-18(13-23)21(24)26(20(19)15-7-9-16(30-3)10-8-15)25-32(28,29)17-11-5-14(2)6-12-17/h5-12,19-20,25H,4,24H2,1-3H3. The number of carbonyl (C=O) groups excluding carboxylic acids is 1. The van der Waals surface area contributed by atoms with Gasteiger partial charge >= 0.3 is 5.97 Å². The number of nitrogens with zero attached hydrogens (tertiary/aromatic N) is 2. The van der Waals surface area contributed by atoms with Gasteiger partial charge < -0.3 is 15.2 Å². The van der Waals surface area contributed by atoms with Gasteiger partial charge in [-0.15, -0.1) is 4.83 Å². The minimum absolute atomic E-state index is 0.0162. The van der Waals surface area contributed by atoms with Gasteiger partial charge in [0.25, 0.3) is 10.0 Å². The van der Waals surface area contributed by atoms with Crippen LogP contribution in [0.2, 0.25) is 0 Å². The van der Waals surface area contributed by atoms with E-state index in [1.54, 1.807) is 43.3 Å². The van der Waals surface area contributed by atoms with Crippen LogP contribution in [0.5, 0.6) is 5.75 Å². The number of hydrogen-bond donors (Lipinski definition) is 2. The third-order valence-corrected chi connectivity index (χ3v) is 6.44. The summed E-state index contributed by atoms with van der Waals surface area (Å²) in [6.45, 7) is 3.58. The lowest BCUT2D eigenvalue weighted by molar-refractivity contribution is -0.148. The van der Waals surface area contributed by atoms with Crippen molar-refractivity contribution in [2.24, 2.45) is 11.7 Å². The molecule has 1 aliphatic heterocycles. The molecule has 168 valence electrons. The van der Waals surface area contributed by atoms with Gasteiger partial charge in [-0.1, -0.05) is 29.8 Å². The number of ether oxygens (including phenoxy) is 2. The first-order valence-corrected chi connectivity index (χ1v) is 11.3. The molecule has 2 unspecified atom stereocenters. The van der Waals surface area contributed by atoms with Crippen LogP contribution in [0.4, 0.5) is 0 Å². The third kappa shape index (κ3) is 4.39. The smallest absolute Gasteiger partial charge is 0.316 e. The van der Waals surface area contributed by atoms with Crippen molar-refractivity contribution in [1.82, 2.24) is 9.84 Å². The van der Waals surface area contributed by atoms with Crippen molar-refractivity contribution in [3.8, 4) is 11.8 Å². The lowest BCUT2D eigenvalue weighted by atomic mass is 9.90. The van der Waals surface area contributed by atoms with E-state index in [1.165, 1.54) is 19.2 Å². The number of rotatable bonds is 7. The number of nitriles is 1. The average molecular weight is 457 g/mol. The highest BCUT2D eigenvalue weighted by molar-refractivity contribution is 7.89. The van der Waals surface area contributed by atoms with Crippen LogP contribution in [0, 0.1) is 24.2 Å². The summed E-state index contributed by atoms with van der Waals surface area (Å²) in [6.07, 6.45) is 0. The van der Waals surface area contributed by atoms with Gasteiger partial charge in [0, 0.05) is 0 Å². The number of carbonyl (C=O) groups is 1. The number of aryl methyl sites for hydroxylation is 1. The van der Waals surface area contributed by atoms with E-state index in [-0.39, 0.29) is 22.9 Å². The third-order valence-electron chi connectivity index (χ3n) is 5.11. The first-order valence-electron chi connectivity index (χ1n) is 9.82. The number of sulfonamides is 1. The monoisotopic (exact) mass is 456 g/mol. The summed E-state index contributed by atoms with van der Waals surface area (Å²) < 4.78 is 36.5. The second-order valence-corrected chi connectivity index (χ2v) is 8.80. The van der Waals surface area contributed by atoms with Crippen molar-refractivity contribution < 1.29 is 22.7 Å². The summed E-state index contributed by atoms with van der Waals surface area (Å²) in [4.78, 5) is 15.3. The second kappa shape index (κ2) is 9.30. The lowest BCUT2D eigenvalue weighted by Gasteiger charge is -2.30. The van der Waals surface area contributed by atoms with Gasteiger partial charge in [0.05, 0.1) is 36.3 Å². The number of nitrogens with two attached hydrogens (primary N) is 1. The molecular formula is C22H24N4O5S. The Kier molecular flexibility index (Phi) is 6.72. The predicted octanol–water partition coefficient (Wildman–Crippen LogP) is 2.13. The van der Waals surface area contributed by atoms with Gasteiger partial charge in [-0.05, 0) is 43.7 Å². The van der Waals surface area contributed by atoms with Crippen molar-refractivity contribution in [3.05, 3.63) is 71.1 Å². The van der Waals surface area contributed by atoms with Crippen molar-refractivity contribution >= 4 is 16.0 Å². The summed E-state index contributed by atoms with van der Waals surface area (Å²) in [5, 5.41) is 10.9. The van der Waals surface area contributed by atoms with Crippen LogP contribution in [0.1, 0.15) is 24.1 Å². The fraction of sp³-hybridized carbons (Fsp3) is 0.273. The van der Waals surface area contributed by atoms with Crippen LogP contribution < -0.4 is 15.3 Å². The van der Waals surface area contributed by atoms with Crippen molar-refractivity contribution in [1.29, 1.82) is 5.26 Å². The van der Waals surface area contributed by atoms with Gasteiger partial charge in [0.1, 0.15) is 17.5 Å². The maximum atomic E-state index is 13.1. The molecule has 0 radical (unpaired) electrons. The van der Waals surface area contributed by atoms with Gasteiger partial charge in [-0.2, -0.15) is 5.26 Å². The van der Waals surface area contributed by atoms with E-state index in [1.807, 2.05) is 13.0 Å². The molecular weight excluding hydrogens is 432 g/mol. The summed E-state index contributed by atoms with van der Waals surface area (Å²) >= 11 is 0. The zero-order valence-electron chi connectivity index (χ0n) is 17.9. The molecule has 0 saturated heterocycles. The molecule has 9 nitrogen and oxygen atoms in total. The second-order valence-electron chi connectivity index (χ2n) is 7.14. The molecule has 0 aliphatic carbocycles. The number of hydrogen-bond acceptors (Lipinski definition) is 8. The molecule has 0 aromatic heterocycles. The van der Waals surface area contributed by atoms with E-state index < -0.39 is 28.0 Å². The van der Waals surface area contributed by atoms with E-state index >= 15 is 0 Å². The van der Waals surface area contributed by atoms with E-state index in [9.17, 15) is 18.5 Å². The highest BCUT2D eigenvalue weighted by Crippen LogP contribution is 2.42. The number of esters is 1. The van der Waals surface area contributed by atoms with Crippen LogP contribution in [-0.4, -0.2) is 33.1 Å². The van der Waals surface area contributed by atoms with Gasteiger partial charge in [0.2, 0.25) is 0 Å². The zero-order valence-corrected chi connectivity index (χ0v) is 18.7. The number of nitrogens with one attached hydrogen (secondary N) is 1. The molecule has 2 aromatic rings. The average Bonchev–Trinajstić information content (AvgIpc) is 3.05. The van der Waals surface area contributed by atoms with Gasteiger partial charge in [-0.3, -0.25) is 9.80 Å². The minimum atomic E-state index is -4.06. The molecule has 0 saturated carbocycles. The summed E-state index contributed by atoms with van der Waals surface area (Å²) in [6, 6.07) is 14.0. The molecule has 0 spiro atoms. The Morgan fingerprint density at radius 2 is 1.81 bits per heavy atom. The number of hydrazine groups is 1. The van der Waals surface area contributed by atoms with Crippen LogP contribution in [0.3, 0.4) is 0 Å². The van der Waals surface area contributed by atoms with Crippen LogP contribution >= 0.6 is 0 Å². The largest absolute Gasteiger partial charge is 0.497 e. The molecule has 10 heteroatoms. The Labute approximate surface area is 187 Å². The Bertz CT molecular complexity index is 1170. The highest BCUT2D eigenvalue weighted by atomic mass is 32.2. The maximum Gasteiger partial charge on any atom is 0.316 e. The summed E-state index contributed by atoms with van der Waals surface area (Å²) in [5.41, 5.74) is 7.54. The lowest BCUT2D eigenvalue weighted by Crippen LogP contribution is -2.45. The fourth-order valence-electron chi connectivity index (χ4n) is 3.50. The molecule has 3 rings (SSSR count). The topological polar surface area (TPSA) is 135 Å². The molecule has 0 fully saturated rings. The van der Waals surface area contributed by atoms with E-state index in [0.29, 0.717) is 11.3 Å². The number of methoxy groups -OCH3 is 1. The first-order chi connectivity index (χ1) is 15.2. The summed E-state index contributed by atoms with van der Waals surface area (Å²) in [5.74, 6) is -1.38. The fourth-order valence-corrected chi connectivity index (χ4v) is 4.57. The molecule has 1 aliphatic rings. The minimum Gasteiger partial charge on any atom is -0.497 e. The van der Waals surface area contributed by atoms with Crippen LogP contribution in [0.25, 0.3) is 0 Å². The molecule has 3 N–H and O–H groups in total. The van der Waals surface area contributed by atoms with Crippen molar-refractivity contribution in [3.63, 3.8) is 0 Å². The van der Waals surface area contributed by atoms with E-state index in [0.717, 1.165) is 10.6 Å². The zero-order chi connectivity index (χ0) is 23.5. The normalized spacial score (nSPS) is 18.4. The Morgan fingerprint density at radius 3 is 2.34 bits per heavy atom. The molecule has 1 heterocycles. The molecule has 0 bridgehead atoms. The van der Waals surface area contributed by atoms with E-state index in [2.05, 4.69) is 4.83 Å². The Morgan fingerprint density at radius 1 is 1.19 bits per heavy atom. The van der Waals surface area contributed by atoms with Crippen molar-refractivity contribution in [2.45, 2.75) is 24.8 Å². The summed E-state index contributed by atoms with van der Waals surface area (Å²) in [7, 11) is -2.55. The predicted molar refractivity (Wildman–Crippen MR) is 116 cm³/mol. The molecule has 2 aromatic carbocycles. The Hall–Kier alpha value is -3.55. The molecule has 2 atom stereocenters. The highest BCUT2D eigenvalue weighted by Gasteiger charge is 2.47. The van der Waals surface area contributed by atoms with Gasteiger partial charge in [0.15, 0.2) is 0 Å². The quantitative estimate of drug-likeness (QED) is 0.605. The Balaban J connectivity index is 2.09.